The number of likely N-dealkylation sites (tertiary alicyclic amines) is 1. The minimum absolute atomic E-state index is 0.285. The van der Waals surface area contributed by atoms with Crippen LogP contribution in [0.1, 0.15) is 18.0 Å². The van der Waals surface area contributed by atoms with Crippen LogP contribution in [0.5, 0.6) is 0 Å². The molecule has 6 nitrogen and oxygen atoms in total. The number of hydrogen-bond donors (Lipinski definition) is 2. The van der Waals surface area contributed by atoms with Crippen LogP contribution in [0.3, 0.4) is 0 Å². The Bertz CT molecular complexity index is 851. The minimum Gasteiger partial charge on any atom is -0.384 e. The van der Waals surface area contributed by atoms with Gasteiger partial charge in [0.1, 0.15) is 18.0 Å². The molecule has 3 N–H and O–H groups in total. The van der Waals surface area contributed by atoms with E-state index < -0.39 is 0 Å². The Morgan fingerprint density at radius 3 is 2.79 bits per heavy atom. The number of nitrogens with zero attached hydrogens (tertiary/aromatic N) is 4. The molecular weight excluding hydrogens is 300 g/mol. The number of anilines is 2. The first-order valence-corrected chi connectivity index (χ1v) is 8.11. The number of rotatable bonds is 3. The van der Waals surface area contributed by atoms with Gasteiger partial charge < -0.3 is 11.1 Å². The van der Waals surface area contributed by atoms with Gasteiger partial charge in [-0.05, 0) is 31.2 Å². The molecule has 2 atom stereocenters. The lowest BCUT2D eigenvalue weighted by molar-refractivity contribution is 0.309. The van der Waals surface area contributed by atoms with Crippen LogP contribution in [0.25, 0.3) is 11.0 Å². The van der Waals surface area contributed by atoms with Crippen LogP contribution in [-0.4, -0.2) is 39.5 Å². The van der Waals surface area contributed by atoms with Crippen LogP contribution >= 0.6 is 0 Å². The molecule has 1 fully saturated rings. The standard InChI is InChI=1S/C18H20N6/c1-24-10-9-14(16(24)12-5-3-2-4-6-12)22-17-13-7-8-15(19)23-18(13)21-11-20-17/h2-8,11,14,16H,9-10H2,1H3,(H3,19,20,21,22,23)/t14-,16-/m1/s1. The molecule has 1 saturated heterocycles. The van der Waals surface area contributed by atoms with Gasteiger partial charge in [0.2, 0.25) is 0 Å². The number of hydrogen-bond acceptors (Lipinski definition) is 6. The fourth-order valence-corrected chi connectivity index (χ4v) is 3.48. The maximum atomic E-state index is 5.76. The fourth-order valence-electron chi connectivity index (χ4n) is 3.48. The molecule has 0 radical (unpaired) electrons. The Balaban J connectivity index is 1.67. The second-order valence-corrected chi connectivity index (χ2v) is 6.21. The third-order valence-electron chi connectivity index (χ3n) is 4.63. The molecule has 24 heavy (non-hydrogen) atoms. The lowest BCUT2D eigenvalue weighted by Crippen LogP contribution is -2.29. The number of nitrogens with one attached hydrogen (secondary N) is 1. The second kappa shape index (κ2) is 6.05. The van der Waals surface area contributed by atoms with Crippen molar-refractivity contribution in [2.45, 2.75) is 18.5 Å². The topological polar surface area (TPSA) is 80.0 Å². The summed E-state index contributed by atoms with van der Waals surface area (Å²) in [5, 5.41) is 4.51. The average molecular weight is 320 g/mol. The minimum atomic E-state index is 0.285. The summed E-state index contributed by atoms with van der Waals surface area (Å²) in [5.41, 5.74) is 7.69. The van der Waals surface area contributed by atoms with Gasteiger partial charge in [-0.2, -0.15) is 0 Å². The molecule has 6 heteroatoms. The third kappa shape index (κ3) is 2.65. The van der Waals surface area contributed by atoms with E-state index in [2.05, 4.69) is 62.5 Å². The summed E-state index contributed by atoms with van der Waals surface area (Å²) in [5.74, 6) is 1.28. The van der Waals surface area contributed by atoms with Crippen molar-refractivity contribution in [1.29, 1.82) is 0 Å². The van der Waals surface area contributed by atoms with Crippen LogP contribution < -0.4 is 11.1 Å². The van der Waals surface area contributed by atoms with Gasteiger partial charge in [0.25, 0.3) is 0 Å². The van der Waals surface area contributed by atoms with Gasteiger partial charge in [0.05, 0.1) is 11.4 Å². The van der Waals surface area contributed by atoms with E-state index in [9.17, 15) is 0 Å². The zero-order valence-electron chi connectivity index (χ0n) is 13.6. The first-order chi connectivity index (χ1) is 11.7. The van der Waals surface area contributed by atoms with Gasteiger partial charge in [-0.3, -0.25) is 4.90 Å². The Kier molecular flexibility index (Phi) is 3.74. The van der Waals surface area contributed by atoms with Gasteiger partial charge in [-0.15, -0.1) is 0 Å². The molecule has 0 spiro atoms. The number of likely N-dealkylation sites (N-methyl/N-ethyl adjacent to an activating group) is 1. The van der Waals surface area contributed by atoms with Crippen LogP contribution in [0.15, 0.2) is 48.8 Å². The number of nitrogens with two attached hydrogens (primary N) is 1. The molecular formula is C18H20N6. The molecule has 0 saturated carbocycles. The van der Waals surface area contributed by atoms with Crippen molar-refractivity contribution in [3.8, 4) is 0 Å². The van der Waals surface area contributed by atoms with E-state index in [4.69, 9.17) is 5.73 Å². The van der Waals surface area contributed by atoms with Crippen molar-refractivity contribution in [2.75, 3.05) is 24.6 Å². The van der Waals surface area contributed by atoms with Crippen molar-refractivity contribution in [1.82, 2.24) is 19.9 Å². The average Bonchev–Trinajstić information content (AvgIpc) is 2.96. The molecule has 2 aromatic heterocycles. The Morgan fingerprint density at radius 1 is 1.12 bits per heavy atom. The molecule has 3 heterocycles. The Labute approximate surface area is 140 Å². The summed E-state index contributed by atoms with van der Waals surface area (Å²) < 4.78 is 0. The van der Waals surface area contributed by atoms with Gasteiger partial charge in [0.15, 0.2) is 5.65 Å². The molecule has 0 aliphatic carbocycles. The summed E-state index contributed by atoms with van der Waals surface area (Å²) >= 11 is 0. The molecule has 0 amide bonds. The van der Waals surface area contributed by atoms with Crippen molar-refractivity contribution >= 4 is 22.7 Å². The Hall–Kier alpha value is -2.73. The maximum Gasteiger partial charge on any atom is 0.166 e. The van der Waals surface area contributed by atoms with E-state index in [0.29, 0.717) is 17.5 Å². The SMILES string of the molecule is CN1CC[C@@H](Nc2ncnc3nc(N)ccc23)[C@H]1c1ccccc1. The number of nitrogen functional groups attached to an aromatic ring is 1. The molecule has 4 rings (SSSR count). The van der Waals surface area contributed by atoms with Crippen LogP contribution in [0, 0.1) is 0 Å². The van der Waals surface area contributed by atoms with Gasteiger partial charge >= 0.3 is 0 Å². The maximum absolute atomic E-state index is 5.76. The van der Waals surface area contributed by atoms with Gasteiger partial charge in [-0.1, -0.05) is 30.3 Å². The molecule has 1 aliphatic rings. The summed E-state index contributed by atoms with van der Waals surface area (Å²) in [6.45, 7) is 1.05. The molecule has 0 unspecified atom stereocenters. The Morgan fingerprint density at radius 2 is 1.96 bits per heavy atom. The van der Waals surface area contributed by atoms with E-state index in [-0.39, 0.29) is 6.04 Å². The number of benzene rings is 1. The van der Waals surface area contributed by atoms with Crippen molar-refractivity contribution in [2.24, 2.45) is 0 Å². The molecule has 0 bridgehead atoms. The molecule has 1 aromatic carbocycles. The molecule has 1 aliphatic heterocycles. The largest absolute Gasteiger partial charge is 0.384 e. The fraction of sp³-hybridized carbons (Fsp3) is 0.278. The zero-order valence-corrected chi connectivity index (χ0v) is 13.6. The highest BCUT2D eigenvalue weighted by Gasteiger charge is 2.33. The highest BCUT2D eigenvalue weighted by atomic mass is 15.2. The smallest absolute Gasteiger partial charge is 0.166 e. The normalized spacial score (nSPS) is 21.2. The first kappa shape index (κ1) is 14.8. The summed E-state index contributed by atoms with van der Waals surface area (Å²) in [4.78, 5) is 15.3. The summed E-state index contributed by atoms with van der Waals surface area (Å²) in [6.07, 6.45) is 2.59. The van der Waals surface area contributed by atoms with E-state index in [1.807, 2.05) is 6.07 Å². The van der Waals surface area contributed by atoms with E-state index in [0.717, 1.165) is 24.2 Å². The number of pyridine rings is 1. The van der Waals surface area contributed by atoms with E-state index in [1.54, 1.807) is 6.07 Å². The van der Waals surface area contributed by atoms with Gasteiger partial charge in [0, 0.05) is 12.6 Å². The predicted octanol–water partition coefficient (Wildman–Crippen LogP) is 2.46. The van der Waals surface area contributed by atoms with Crippen LogP contribution in [0.4, 0.5) is 11.6 Å². The third-order valence-corrected chi connectivity index (χ3v) is 4.63. The van der Waals surface area contributed by atoms with Crippen molar-refractivity contribution < 1.29 is 0 Å². The van der Waals surface area contributed by atoms with Crippen LogP contribution in [-0.2, 0) is 0 Å². The highest BCUT2D eigenvalue weighted by molar-refractivity contribution is 5.87. The summed E-state index contributed by atoms with van der Waals surface area (Å²) in [6, 6.07) is 14.9. The molecule has 122 valence electrons. The predicted molar refractivity (Wildman–Crippen MR) is 95.6 cm³/mol. The van der Waals surface area contributed by atoms with Crippen molar-refractivity contribution in [3.05, 3.63) is 54.4 Å². The second-order valence-electron chi connectivity index (χ2n) is 6.21. The number of fused-ring (bicyclic) bond motifs is 1. The quantitative estimate of drug-likeness (QED) is 0.772. The highest BCUT2D eigenvalue weighted by Crippen LogP contribution is 2.33. The summed E-state index contributed by atoms with van der Waals surface area (Å²) in [7, 11) is 2.17. The lowest BCUT2D eigenvalue weighted by atomic mass is 10.00. The zero-order chi connectivity index (χ0) is 16.5. The van der Waals surface area contributed by atoms with E-state index >= 15 is 0 Å². The van der Waals surface area contributed by atoms with Crippen LogP contribution in [0.2, 0.25) is 0 Å². The molecule has 3 aromatic rings. The monoisotopic (exact) mass is 320 g/mol. The van der Waals surface area contributed by atoms with Gasteiger partial charge in [-0.25, -0.2) is 15.0 Å². The first-order valence-electron chi connectivity index (χ1n) is 8.11. The number of aromatic nitrogens is 3. The van der Waals surface area contributed by atoms with Crippen molar-refractivity contribution in [3.63, 3.8) is 0 Å². The lowest BCUT2D eigenvalue weighted by Gasteiger charge is -2.26. The van der Waals surface area contributed by atoms with E-state index in [1.165, 1.54) is 11.9 Å².